The van der Waals surface area contributed by atoms with Crippen LogP contribution in [-0.4, -0.2) is 64.0 Å². The summed E-state index contributed by atoms with van der Waals surface area (Å²) in [6, 6.07) is 8.13. The highest BCUT2D eigenvalue weighted by Gasteiger charge is 2.14. The Morgan fingerprint density at radius 3 is 2.74 bits per heavy atom. The van der Waals surface area contributed by atoms with E-state index in [0.29, 0.717) is 12.7 Å². The maximum absolute atomic E-state index is 5.70. The first kappa shape index (κ1) is 24.0. The molecule has 1 heterocycles. The molecule has 154 valence electrons. The number of aliphatic imine (C=N–C) groups is 1. The molecule has 2 rings (SSSR count). The second-order valence-corrected chi connectivity index (χ2v) is 6.50. The van der Waals surface area contributed by atoms with Crippen LogP contribution in [0.15, 0.2) is 29.3 Å². The molecule has 0 saturated carbocycles. The van der Waals surface area contributed by atoms with Crippen molar-refractivity contribution in [3.8, 4) is 5.75 Å². The van der Waals surface area contributed by atoms with Crippen LogP contribution < -0.4 is 10.1 Å². The quantitative estimate of drug-likeness (QED) is 0.236. The molecule has 1 aromatic carbocycles. The van der Waals surface area contributed by atoms with Crippen LogP contribution in [0.5, 0.6) is 5.75 Å². The monoisotopic (exact) mass is 491 g/mol. The lowest BCUT2D eigenvalue weighted by atomic mass is 10.2. The Hall–Kier alpha value is -1.06. The van der Waals surface area contributed by atoms with Crippen molar-refractivity contribution < 1.29 is 14.2 Å². The second kappa shape index (κ2) is 14.0. The molecule has 1 fully saturated rings. The number of hydrogen-bond acceptors (Lipinski definition) is 4. The van der Waals surface area contributed by atoms with Gasteiger partial charge in [-0.3, -0.25) is 4.99 Å². The molecule has 6 nitrogen and oxygen atoms in total. The molecule has 7 heteroatoms. The van der Waals surface area contributed by atoms with Gasteiger partial charge in [0.25, 0.3) is 0 Å². The zero-order chi connectivity index (χ0) is 18.6. The summed E-state index contributed by atoms with van der Waals surface area (Å²) in [5, 5.41) is 3.35. The number of benzene rings is 1. The number of nitrogens with zero attached hydrogens (tertiary/aromatic N) is 2. The molecule has 0 aliphatic carbocycles. The molecule has 1 aliphatic rings. The van der Waals surface area contributed by atoms with Crippen molar-refractivity contribution in [1.82, 2.24) is 10.2 Å². The lowest BCUT2D eigenvalue weighted by Crippen LogP contribution is -2.38. The molecule has 0 amide bonds. The summed E-state index contributed by atoms with van der Waals surface area (Å²) >= 11 is 0. The lowest BCUT2D eigenvalue weighted by molar-refractivity contribution is 0.0170. The molecule has 1 unspecified atom stereocenters. The number of halogens is 1. The zero-order valence-corrected chi connectivity index (χ0v) is 19.1. The Labute approximate surface area is 180 Å². The molecule has 0 aromatic heterocycles. The summed E-state index contributed by atoms with van der Waals surface area (Å²) in [4.78, 5) is 6.85. The number of rotatable bonds is 10. The topological polar surface area (TPSA) is 55.3 Å². The van der Waals surface area contributed by atoms with E-state index in [2.05, 4.69) is 36.3 Å². The SMILES string of the molecule is CCNC(=NCCCOCC1CCCO1)N(C)Cc1ccc(OC)cc1.I. The fourth-order valence-corrected chi connectivity index (χ4v) is 2.89. The van der Waals surface area contributed by atoms with E-state index in [4.69, 9.17) is 19.2 Å². The van der Waals surface area contributed by atoms with Gasteiger partial charge < -0.3 is 24.4 Å². The number of nitrogens with one attached hydrogen (secondary N) is 1. The maximum Gasteiger partial charge on any atom is 0.193 e. The van der Waals surface area contributed by atoms with Crippen LogP contribution in [0.25, 0.3) is 0 Å². The summed E-state index contributed by atoms with van der Waals surface area (Å²) in [6.45, 7) is 6.80. The van der Waals surface area contributed by atoms with E-state index in [-0.39, 0.29) is 24.0 Å². The van der Waals surface area contributed by atoms with Gasteiger partial charge in [0.2, 0.25) is 0 Å². The third kappa shape index (κ3) is 9.12. The number of ether oxygens (including phenoxy) is 3. The Bertz CT molecular complexity index is 534. The van der Waals surface area contributed by atoms with Gasteiger partial charge in [-0.05, 0) is 43.9 Å². The fourth-order valence-electron chi connectivity index (χ4n) is 2.89. The molecule has 1 aromatic rings. The molecule has 27 heavy (non-hydrogen) atoms. The van der Waals surface area contributed by atoms with Crippen LogP contribution in [0.3, 0.4) is 0 Å². The Kier molecular flexibility index (Phi) is 12.4. The van der Waals surface area contributed by atoms with Gasteiger partial charge in [-0.1, -0.05) is 12.1 Å². The molecule has 1 atom stereocenters. The van der Waals surface area contributed by atoms with Crippen LogP contribution in [0.1, 0.15) is 31.7 Å². The highest BCUT2D eigenvalue weighted by Crippen LogP contribution is 2.13. The van der Waals surface area contributed by atoms with E-state index < -0.39 is 0 Å². The van der Waals surface area contributed by atoms with Gasteiger partial charge >= 0.3 is 0 Å². The predicted octanol–water partition coefficient (Wildman–Crippen LogP) is 3.30. The molecule has 0 radical (unpaired) electrons. The molecular weight excluding hydrogens is 457 g/mol. The standard InChI is InChI=1S/C20H33N3O3.HI/c1-4-21-20(22-12-6-13-25-16-19-7-5-14-26-19)23(2)15-17-8-10-18(24-3)11-9-17;/h8-11,19H,4-7,12-16H2,1-3H3,(H,21,22);1H. The van der Waals surface area contributed by atoms with Gasteiger partial charge in [-0.15, -0.1) is 24.0 Å². The van der Waals surface area contributed by atoms with Crippen LogP contribution >= 0.6 is 24.0 Å². The summed E-state index contributed by atoms with van der Waals surface area (Å²) in [5.74, 6) is 1.79. The third-order valence-corrected chi connectivity index (χ3v) is 4.31. The average Bonchev–Trinajstić information content (AvgIpc) is 3.17. The largest absolute Gasteiger partial charge is 0.497 e. The summed E-state index contributed by atoms with van der Waals surface area (Å²) < 4.78 is 16.5. The van der Waals surface area contributed by atoms with Gasteiger partial charge in [0, 0.05) is 39.9 Å². The lowest BCUT2D eigenvalue weighted by Gasteiger charge is -2.22. The van der Waals surface area contributed by atoms with Crippen molar-refractivity contribution in [3.63, 3.8) is 0 Å². The normalized spacial score (nSPS) is 16.7. The smallest absolute Gasteiger partial charge is 0.193 e. The van der Waals surface area contributed by atoms with E-state index in [1.807, 2.05) is 12.1 Å². The molecule has 0 bridgehead atoms. The van der Waals surface area contributed by atoms with Crippen LogP contribution in [0, 0.1) is 0 Å². The van der Waals surface area contributed by atoms with E-state index in [1.54, 1.807) is 7.11 Å². The van der Waals surface area contributed by atoms with E-state index in [1.165, 1.54) is 5.56 Å². The van der Waals surface area contributed by atoms with Crippen molar-refractivity contribution in [2.24, 2.45) is 4.99 Å². The fraction of sp³-hybridized carbons (Fsp3) is 0.650. The molecule has 1 saturated heterocycles. The Morgan fingerprint density at radius 1 is 1.33 bits per heavy atom. The van der Waals surface area contributed by atoms with Crippen molar-refractivity contribution in [3.05, 3.63) is 29.8 Å². The molecule has 0 spiro atoms. The first-order chi connectivity index (χ1) is 12.7. The van der Waals surface area contributed by atoms with Crippen LogP contribution in [0.4, 0.5) is 0 Å². The van der Waals surface area contributed by atoms with Crippen molar-refractivity contribution >= 4 is 29.9 Å². The first-order valence-electron chi connectivity index (χ1n) is 9.54. The number of guanidine groups is 1. The van der Waals surface area contributed by atoms with Gasteiger partial charge in [-0.2, -0.15) is 0 Å². The van der Waals surface area contributed by atoms with Crippen LogP contribution in [0.2, 0.25) is 0 Å². The van der Waals surface area contributed by atoms with E-state index in [0.717, 1.165) is 63.8 Å². The van der Waals surface area contributed by atoms with Crippen molar-refractivity contribution in [1.29, 1.82) is 0 Å². The minimum atomic E-state index is 0. The summed E-state index contributed by atoms with van der Waals surface area (Å²) in [6.07, 6.45) is 3.49. The third-order valence-electron chi connectivity index (χ3n) is 4.31. The van der Waals surface area contributed by atoms with Gasteiger partial charge in [0.15, 0.2) is 5.96 Å². The van der Waals surface area contributed by atoms with Crippen LogP contribution in [-0.2, 0) is 16.0 Å². The maximum atomic E-state index is 5.70. The number of hydrogen-bond donors (Lipinski definition) is 1. The van der Waals surface area contributed by atoms with Crippen molar-refractivity contribution in [2.75, 3.05) is 47.1 Å². The zero-order valence-electron chi connectivity index (χ0n) is 16.8. The minimum Gasteiger partial charge on any atom is -0.497 e. The predicted molar refractivity (Wildman–Crippen MR) is 120 cm³/mol. The van der Waals surface area contributed by atoms with Crippen molar-refractivity contribution in [2.45, 2.75) is 38.8 Å². The highest BCUT2D eigenvalue weighted by molar-refractivity contribution is 14.0. The van der Waals surface area contributed by atoms with Gasteiger partial charge in [0.1, 0.15) is 5.75 Å². The Morgan fingerprint density at radius 2 is 2.11 bits per heavy atom. The Balaban J connectivity index is 0.00000364. The van der Waals surface area contributed by atoms with Gasteiger partial charge in [-0.25, -0.2) is 0 Å². The minimum absolute atomic E-state index is 0. The summed E-state index contributed by atoms with van der Waals surface area (Å²) in [7, 11) is 3.74. The summed E-state index contributed by atoms with van der Waals surface area (Å²) in [5.41, 5.74) is 1.22. The number of methoxy groups -OCH3 is 1. The average molecular weight is 491 g/mol. The molecule has 1 aliphatic heterocycles. The van der Waals surface area contributed by atoms with E-state index in [9.17, 15) is 0 Å². The van der Waals surface area contributed by atoms with E-state index >= 15 is 0 Å². The van der Waals surface area contributed by atoms with Gasteiger partial charge in [0.05, 0.1) is 19.8 Å². The first-order valence-corrected chi connectivity index (χ1v) is 9.54. The molecule has 1 N–H and O–H groups in total. The highest BCUT2D eigenvalue weighted by atomic mass is 127. The second-order valence-electron chi connectivity index (χ2n) is 6.50. The molecular formula is C20H34IN3O3.